The van der Waals surface area contributed by atoms with Gasteiger partial charge in [0.05, 0.1) is 4.90 Å². The van der Waals surface area contributed by atoms with Gasteiger partial charge in [0.1, 0.15) is 5.37 Å². The fourth-order valence-corrected chi connectivity index (χ4v) is 5.37. The molecule has 1 fully saturated rings. The second-order valence-electron chi connectivity index (χ2n) is 7.36. The summed E-state index contributed by atoms with van der Waals surface area (Å²) in [5.41, 5.74) is 0. The predicted molar refractivity (Wildman–Crippen MR) is 104 cm³/mol. The van der Waals surface area contributed by atoms with Gasteiger partial charge in [-0.3, -0.25) is 9.69 Å². The zero-order valence-electron chi connectivity index (χ0n) is 15.9. The third-order valence-corrected chi connectivity index (χ3v) is 7.08. The van der Waals surface area contributed by atoms with Gasteiger partial charge in [-0.15, -0.1) is 0 Å². The molecule has 142 valence electrons. The van der Waals surface area contributed by atoms with E-state index in [0.717, 1.165) is 19.3 Å². The lowest BCUT2D eigenvalue weighted by atomic mass is 9.93. The van der Waals surface area contributed by atoms with E-state index in [0.29, 0.717) is 30.3 Å². The summed E-state index contributed by atoms with van der Waals surface area (Å²) in [5.74, 6) is 5.46. The number of likely N-dealkylation sites (tertiary alicyclic amines) is 1. The first kappa shape index (κ1) is 20.7. The quantitative estimate of drug-likeness (QED) is 0.540. The molecule has 0 spiro atoms. The van der Waals surface area contributed by atoms with Crippen LogP contribution in [0, 0.1) is 23.7 Å². The number of hydrogen-bond acceptors (Lipinski definition) is 4. The molecule has 2 unspecified atom stereocenters. The van der Waals surface area contributed by atoms with Crippen molar-refractivity contribution in [1.29, 1.82) is 0 Å². The summed E-state index contributed by atoms with van der Waals surface area (Å²) >= 11 is 0. The Hall–Kier alpha value is -1.64. The Labute approximate surface area is 157 Å². The number of ketones is 1. The highest BCUT2D eigenvalue weighted by atomic mass is 32.2. The Morgan fingerprint density at radius 2 is 1.92 bits per heavy atom. The molecule has 1 aliphatic heterocycles. The van der Waals surface area contributed by atoms with Gasteiger partial charge in [0.15, 0.2) is 9.84 Å². The second-order valence-corrected chi connectivity index (χ2v) is 9.46. The van der Waals surface area contributed by atoms with E-state index in [1.807, 2.05) is 11.0 Å². The summed E-state index contributed by atoms with van der Waals surface area (Å²) < 4.78 is 26.6. The standard InChI is InChI=1S/C21H29NO3S/c1-4-9-20(23)18-10-8-15-22(16-18)21(14-13-17(2)3)26(24,25)19-11-6-5-7-12-19/h5-7,11-12,17-18,21H,8,10,13-16H2,1-3H3. The molecule has 1 aliphatic rings. The van der Waals surface area contributed by atoms with Gasteiger partial charge in [-0.05, 0) is 63.1 Å². The molecule has 0 radical (unpaired) electrons. The molecule has 4 nitrogen and oxygen atoms in total. The van der Waals surface area contributed by atoms with Crippen molar-refractivity contribution in [1.82, 2.24) is 4.90 Å². The smallest absolute Gasteiger partial charge is 0.209 e. The van der Waals surface area contributed by atoms with E-state index in [4.69, 9.17) is 0 Å². The summed E-state index contributed by atoms with van der Waals surface area (Å²) in [4.78, 5) is 14.6. The summed E-state index contributed by atoms with van der Waals surface area (Å²) in [6.45, 7) is 7.04. The molecular weight excluding hydrogens is 346 g/mol. The van der Waals surface area contributed by atoms with E-state index in [-0.39, 0.29) is 11.7 Å². The van der Waals surface area contributed by atoms with Crippen LogP contribution in [-0.4, -0.2) is 37.6 Å². The Bertz CT molecular complexity index is 759. The minimum atomic E-state index is -3.48. The van der Waals surface area contributed by atoms with Gasteiger partial charge in [0.2, 0.25) is 5.78 Å². The van der Waals surface area contributed by atoms with Gasteiger partial charge in [-0.1, -0.05) is 38.0 Å². The highest BCUT2D eigenvalue weighted by Gasteiger charge is 2.36. The van der Waals surface area contributed by atoms with Crippen molar-refractivity contribution in [3.05, 3.63) is 30.3 Å². The van der Waals surface area contributed by atoms with Crippen LogP contribution in [-0.2, 0) is 14.6 Å². The highest BCUT2D eigenvalue weighted by molar-refractivity contribution is 7.92. The van der Waals surface area contributed by atoms with Crippen LogP contribution in [0.2, 0.25) is 0 Å². The monoisotopic (exact) mass is 375 g/mol. The number of rotatable bonds is 7. The molecule has 26 heavy (non-hydrogen) atoms. The summed E-state index contributed by atoms with van der Waals surface area (Å²) in [6, 6.07) is 8.65. The van der Waals surface area contributed by atoms with Gasteiger partial charge >= 0.3 is 0 Å². The molecule has 5 heteroatoms. The minimum Gasteiger partial charge on any atom is -0.286 e. The number of carbonyl (C=O) groups excluding carboxylic acids is 1. The minimum absolute atomic E-state index is 0.0723. The van der Waals surface area contributed by atoms with Crippen molar-refractivity contribution in [2.75, 3.05) is 13.1 Å². The molecule has 1 aromatic rings. The van der Waals surface area contributed by atoms with Gasteiger partial charge in [-0.2, -0.15) is 0 Å². The molecule has 1 heterocycles. The molecule has 1 aromatic carbocycles. The van der Waals surface area contributed by atoms with E-state index in [1.165, 1.54) is 0 Å². The van der Waals surface area contributed by atoms with Crippen LogP contribution in [0.5, 0.6) is 0 Å². The van der Waals surface area contributed by atoms with Crippen LogP contribution in [0.4, 0.5) is 0 Å². The van der Waals surface area contributed by atoms with Crippen molar-refractivity contribution in [2.45, 2.75) is 56.7 Å². The lowest BCUT2D eigenvalue weighted by Gasteiger charge is -2.37. The summed E-state index contributed by atoms with van der Waals surface area (Å²) in [5, 5.41) is -0.586. The first-order chi connectivity index (χ1) is 12.4. The van der Waals surface area contributed by atoms with Crippen LogP contribution in [0.1, 0.15) is 46.5 Å². The lowest BCUT2D eigenvalue weighted by Crippen LogP contribution is -2.48. The Morgan fingerprint density at radius 1 is 1.23 bits per heavy atom. The van der Waals surface area contributed by atoms with Crippen molar-refractivity contribution >= 4 is 15.6 Å². The maximum absolute atomic E-state index is 13.3. The van der Waals surface area contributed by atoms with Crippen LogP contribution < -0.4 is 0 Å². The number of sulfone groups is 1. The molecule has 0 saturated carbocycles. The first-order valence-electron chi connectivity index (χ1n) is 9.35. The topological polar surface area (TPSA) is 54.5 Å². The molecule has 2 rings (SSSR count). The van der Waals surface area contributed by atoms with Gasteiger partial charge in [0.25, 0.3) is 0 Å². The Morgan fingerprint density at radius 3 is 2.54 bits per heavy atom. The highest BCUT2D eigenvalue weighted by Crippen LogP contribution is 2.28. The Kier molecular flexibility index (Phi) is 7.43. The molecule has 2 atom stereocenters. The van der Waals surface area contributed by atoms with Crippen LogP contribution in [0.3, 0.4) is 0 Å². The first-order valence-corrected chi connectivity index (χ1v) is 10.9. The van der Waals surface area contributed by atoms with E-state index < -0.39 is 15.2 Å². The van der Waals surface area contributed by atoms with E-state index in [1.54, 1.807) is 31.2 Å². The van der Waals surface area contributed by atoms with Gasteiger partial charge in [0, 0.05) is 12.5 Å². The van der Waals surface area contributed by atoms with Crippen molar-refractivity contribution < 1.29 is 13.2 Å². The molecule has 0 aromatic heterocycles. The third kappa shape index (κ3) is 5.18. The fourth-order valence-electron chi connectivity index (χ4n) is 3.48. The predicted octanol–water partition coefficient (Wildman–Crippen LogP) is 3.53. The fraction of sp³-hybridized carbons (Fsp3) is 0.571. The number of Topliss-reactive ketones (excluding diaryl/α,β-unsaturated/α-hetero) is 1. The maximum atomic E-state index is 13.3. The zero-order chi connectivity index (χ0) is 19.2. The third-order valence-electron chi connectivity index (χ3n) is 4.90. The van der Waals surface area contributed by atoms with Crippen LogP contribution in [0.15, 0.2) is 35.2 Å². The lowest BCUT2D eigenvalue weighted by molar-refractivity contribution is -0.119. The zero-order valence-corrected chi connectivity index (χ0v) is 16.8. The maximum Gasteiger partial charge on any atom is 0.209 e. The largest absolute Gasteiger partial charge is 0.286 e. The van der Waals surface area contributed by atoms with Gasteiger partial charge < -0.3 is 0 Å². The number of piperidine rings is 1. The number of carbonyl (C=O) groups is 1. The SMILES string of the molecule is CC#CC(=O)C1CCCN(C(CCC(C)C)S(=O)(=O)c2ccccc2)C1. The van der Waals surface area contributed by atoms with Crippen molar-refractivity contribution in [3.63, 3.8) is 0 Å². The second kappa shape index (κ2) is 9.34. The normalized spacial score (nSPS) is 19.6. The molecule has 1 saturated heterocycles. The Balaban J connectivity index is 2.29. The van der Waals surface area contributed by atoms with Crippen LogP contribution >= 0.6 is 0 Å². The van der Waals surface area contributed by atoms with Crippen LogP contribution in [0.25, 0.3) is 0 Å². The average Bonchev–Trinajstić information content (AvgIpc) is 2.62. The summed E-state index contributed by atoms with van der Waals surface area (Å²) in [6.07, 6.45) is 3.02. The molecule has 0 bridgehead atoms. The number of benzene rings is 1. The molecule has 0 N–H and O–H groups in total. The van der Waals surface area contributed by atoms with Crippen molar-refractivity contribution in [2.24, 2.45) is 11.8 Å². The van der Waals surface area contributed by atoms with E-state index in [9.17, 15) is 13.2 Å². The van der Waals surface area contributed by atoms with Gasteiger partial charge in [-0.25, -0.2) is 8.42 Å². The summed E-state index contributed by atoms with van der Waals surface area (Å²) in [7, 11) is -3.48. The number of nitrogens with zero attached hydrogens (tertiary/aromatic N) is 1. The van der Waals surface area contributed by atoms with E-state index >= 15 is 0 Å². The van der Waals surface area contributed by atoms with E-state index in [2.05, 4.69) is 25.7 Å². The average molecular weight is 376 g/mol. The molecule has 0 amide bonds. The molecule has 0 aliphatic carbocycles. The van der Waals surface area contributed by atoms with Crippen molar-refractivity contribution in [3.8, 4) is 11.8 Å². The molecular formula is C21H29NO3S. The number of hydrogen-bond donors (Lipinski definition) is 0.